The van der Waals surface area contributed by atoms with Crippen molar-refractivity contribution in [3.8, 4) is 0 Å². The lowest BCUT2D eigenvalue weighted by atomic mass is 10.4. The molecule has 0 atom stereocenters. The summed E-state index contributed by atoms with van der Waals surface area (Å²) >= 11 is 0. The largest absolute Gasteiger partial charge is 0.535 e. The molecule has 0 aromatic rings. The first-order valence-corrected chi connectivity index (χ1v) is 6.36. The molecule has 0 bridgehead atoms. The summed E-state index contributed by atoms with van der Waals surface area (Å²) in [5, 5.41) is 6.74. The smallest absolute Gasteiger partial charge is 0.436 e. The van der Waals surface area contributed by atoms with Crippen LogP contribution < -0.4 is 11.5 Å². The highest BCUT2D eigenvalue weighted by atomic mass is 16.8. The minimum Gasteiger partial charge on any atom is -0.436 e. The third-order valence-corrected chi connectivity index (χ3v) is 1.64. The van der Waals surface area contributed by atoms with Crippen LogP contribution in [0.2, 0.25) is 0 Å². The molecular weight excluding hydrogens is 296 g/mol. The zero-order valence-corrected chi connectivity index (χ0v) is 13.5. The minimum atomic E-state index is -0.840. The van der Waals surface area contributed by atoms with E-state index in [0.717, 1.165) is 0 Å². The van der Waals surface area contributed by atoms with Crippen molar-refractivity contribution in [2.24, 2.45) is 21.8 Å². The summed E-state index contributed by atoms with van der Waals surface area (Å²) in [4.78, 5) is 29.5. The van der Waals surface area contributed by atoms with Gasteiger partial charge in [0.25, 0.3) is 0 Å². The van der Waals surface area contributed by atoms with Gasteiger partial charge in [0.2, 0.25) is 0 Å². The molecule has 0 fully saturated rings. The Morgan fingerprint density at radius 3 is 1.68 bits per heavy atom. The summed E-state index contributed by atoms with van der Waals surface area (Å²) in [6, 6.07) is 0. The third-order valence-electron chi connectivity index (χ3n) is 1.64. The molecule has 0 saturated heterocycles. The van der Waals surface area contributed by atoms with Crippen LogP contribution in [0.1, 0.15) is 27.7 Å². The van der Waals surface area contributed by atoms with Crippen LogP contribution in [0.25, 0.3) is 0 Å². The topological polar surface area (TPSA) is 148 Å². The molecule has 0 unspecified atom stereocenters. The zero-order chi connectivity index (χ0) is 17.5. The van der Waals surface area contributed by atoms with Crippen LogP contribution in [0, 0.1) is 0 Å². The number of methoxy groups -OCH3 is 1. The van der Waals surface area contributed by atoms with E-state index in [2.05, 4.69) is 29.5 Å². The summed E-state index contributed by atoms with van der Waals surface area (Å²) in [7, 11) is 1.20. The molecule has 4 N–H and O–H groups in total. The highest BCUT2D eigenvalue weighted by Crippen LogP contribution is 1.93. The molecule has 10 nitrogen and oxygen atoms in total. The summed E-state index contributed by atoms with van der Waals surface area (Å²) < 4.78 is 8.77. The second kappa shape index (κ2) is 13.8. The fourth-order valence-corrected chi connectivity index (χ4v) is 0.556. The van der Waals surface area contributed by atoms with E-state index in [1.807, 2.05) is 0 Å². The molecule has 0 amide bonds. The van der Waals surface area contributed by atoms with Crippen LogP contribution in [0.5, 0.6) is 0 Å². The van der Waals surface area contributed by atoms with E-state index in [4.69, 9.17) is 11.5 Å². The predicted molar refractivity (Wildman–Crippen MR) is 80.5 cm³/mol. The maximum Gasteiger partial charge on any atom is 0.535 e. The highest BCUT2D eigenvalue weighted by Gasteiger charge is 2.05. The van der Waals surface area contributed by atoms with Gasteiger partial charge in [-0.25, -0.2) is 9.59 Å². The highest BCUT2D eigenvalue weighted by molar-refractivity contribution is 5.84. The van der Waals surface area contributed by atoms with Gasteiger partial charge < -0.3 is 20.9 Å². The molecule has 128 valence electrons. The predicted octanol–water partition coefficient (Wildman–Crippen LogP) is 0.987. The Balaban J connectivity index is 0. The Bertz CT molecular complexity index is 395. The van der Waals surface area contributed by atoms with Crippen molar-refractivity contribution in [3.05, 3.63) is 0 Å². The van der Waals surface area contributed by atoms with Crippen LogP contribution in [0.15, 0.2) is 10.3 Å². The van der Waals surface area contributed by atoms with Gasteiger partial charge in [-0.3, -0.25) is 9.68 Å². The van der Waals surface area contributed by atoms with Gasteiger partial charge in [-0.1, -0.05) is 10.3 Å². The molecule has 0 rings (SSSR count). The molecule has 0 spiro atoms. The molecular formula is C12H24N4O6. The van der Waals surface area contributed by atoms with Gasteiger partial charge in [0.05, 0.1) is 24.6 Å². The average Bonchev–Trinajstić information content (AvgIpc) is 2.49. The first-order valence-electron chi connectivity index (χ1n) is 6.36. The average molecular weight is 320 g/mol. The third kappa shape index (κ3) is 15.9. The fraction of sp³-hybridized carbons (Fsp3) is 0.667. The fourth-order valence-electron chi connectivity index (χ4n) is 0.556. The summed E-state index contributed by atoms with van der Waals surface area (Å²) in [6.07, 6.45) is -1.85. The van der Waals surface area contributed by atoms with E-state index < -0.39 is 12.3 Å². The van der Waals surface area contributed by atoms with E-state index in [1.54, 1.807) is 27.7 Å². The van der Waals surface area contributed by atoms with Gasteiger partial charge >= 0.3 is 12.3 Å². The second-order valence-electron chi connectivity index (χ2n) is 4.11. The Labute approximate surface area is 129 Å². The Morgan fingerprint density at radius 1 is 0.955 bits per heavy atom. The van der Waals surface area contributed by atoms with Crippen molar-refractivity contribution in [2.45, 2.75) is 33.8 Å². The first-order chi connectivity index (χ1) is 10.3. The maximum absolute atomic E-state index is 10.7. The number of rotatable bonds is 5. The number of nitrogens with two attached hydrogens (primary N) is 2. The van der Waals surface area contributed by atoms with E-state index in [1.165, 1.54) is 7.11 Å². The quantitative estimate of drug-likeness (QED) is 0.329. The van der Waals surface area contributed by atoms with Gasteiger partial charge in [-0.05, 0) is 27.7 Å². The molecule has 0 aliphatic carbocycles. The van der Waals surface area contributed by atoms with Crippen molar-refractivity contribution in [3.63, 3.8) is 0 Å². The van der Waals surface area contributed by atoms with Crippen molar-refractivity contribution in [2.75, 3.05) is 20.2 Å². The van der Waals surface area contributed by atoms with Crippen LogP contribution in [0.3, 0.4) is 0 Å². The Hall–Kier alpha value is -2.20. The standard InChI is InChI=1S/C7H14N2O3.C5H10N2O3/c1-5(2)11-7(10)12-9-6(3)4-8;1-4(3-6)7-10-5(8)9-2/h5H,4,8H2,1-3H3;3,6H2,1-2H3/b9-6+;7-4+. The van der Waals surface area contributed by atoms with Crippen LogP contribution in [0.4, 0.5) is 9.59 Å². The molecule has 22 heavy (non-hydrogen) atoms. The van der Waals surface area contributed by atoms with Crippen molar-refractivity contribution >= 4 is 23.7 Å². The van der Waals surface area contributed by atoms with Gasteiger partial charge in [-0.2, -0.15) is 0 Å². The van der Waals surface area contributed by atoms with Crippen molar-refractivity contribution < 1.29 is 28.7 Å². The Kier molecular flexibility index (Phi) is 13.8. The monoisotopic (exact) mass is 320 g/mol. The van der Waals surface area contributed by atoms with E-state index in [0.29, 0.717) is 11.4 Å². The molecule has 0 aliphatic rings. The lowest BCUT2D eigenvalue weighted by Gasteiger charge is -2.04. The number of carbonyl (C=O) groups excluding carboxylic acids is 2. The lowest BCUT2D eigenvalue weighted by molar-refractivity contribution is 0.0361. The lowest BCUT2D eigenvalue weighted by Crippen LogP contribution is -2.14. The number of hydrogen-bond donors (Lipinski definition) is 2. The van der Waals surface area contributed by atoms with Gasteiger partial charge in [-0.15, -0.1) is 0 Å². The molecule has 0 aromatic heterocycles. The number of oxime groups is 2. The number of carbonyl (C=O) groups is 2. The summed E-state index contributed by atoms with van der Waals surface area (Å²) in [5.74, 6) is 0. The molecule has 0 saturated carbocycles. The van der Waals surface area contributed by atoms with Crippen molar-refractivity contribution in [1.82, 2.24) is 0 Å². The number of hydrogen-bond acceptors (Lipinski definition) is 10. The van der Waals surface area contributed by atoms with Crippen molar-refractivity contribution in [1.29, 1.82) is 0 Å². The molecule has 0 aromatic carbocycles. The first kappa shape index (κ1) is 22.1. The summed E-state index contributed by atoms with van der Waals surface area (Å²) in [5.41, 5.74) is 11.4. The second-order valence-corrected chi connectivity index (χ2v) is 4.11. The minimum absolute atomic E-state index is 0.203. The van der Waals surface area contributed by atoms with Crippen LogP contribution in [-0.4, -0.2) is 50.0 Å². The molecule has 0 radical (unpaired) electrons. The number of nitrogens with zero attached hydrogens (tertiary/aromatic N) is 2. The number of ether oxygens (including phenoxy) is 2. The van der Waals surface area contributed by atoms with Crippen LogP contribution >= 0.6 is 0 Å². The van der Waals surface area contributed by atoms with E-state index >= 15 is 0 Å². The van der Waals surface area contributed by atoms with Crippen LogP contribution in [-0.2, 0) is 19.1 Å². The van der Waals surface area contributed by atoms with E-state index in [9.17, 15) is 9.59 Å². The molecule has 0 aliphatic heterocycles. The van der Waals surface area contributed by atoms with Gasteiger partial charge in [0.1, 0.15) is 0 Å². The van der Waals surface area contributed by atoms with Gasteiger partial charge in [0.15, 0.2) is 0 Å². The molecule has 0 heterocycles. The summed E-state index contributed by atoms with van der Waals surface area (Å²) in [6.45, 7) is 7.26. The maximum atomic E-state index is 10.7. The normalized spacial score (nSPS) is 11.3. The molecule has 10 heteroatoms. The SMILES string of the molecule is C/C(CN)=N\OC(=O)OC(C)C.COC(=O)O/N=C(\C)CN. The Morgan fingerprint density at radius 2 is 1.36 bits per heavy atom. The van der Waals surface area contributed by atoms with E-state index in [-0.39, 0.29) is 19.2 Å². The zero-order valence-electron chi connectivity index (χ0n) is 13.5. The van der Waals surface area contributed by atoms with Gasteiger partial charge in [0, 0.05) is 13.1 Å².